The molecule has 102 valence electrons. The number of benzene rings is 1. The van der Waals surface area contributed by atoms with Crippen LogP contribution in [0.1, 0.15) is 13.8 Å². The fourth-order valence-electron chi connectivity index (χ4n) is 2.26. The van der Waals surface area contributed by atoms with Crippen LogP contribution in [0.5, 0.6) is 0 Å². The lowest BCUT2D eigenvalue weighted by Crippen LogP contribution is -2.56. The number of para-hydroxylation sites is 1. The van der Waals surface area contributed by atoms with E-state index < -0.39 is 0 Å². The summed E-state index contributed by atoms with van der Waals surface area (Å²) in [5.74, 6) is 0.0648. The number of carbonyl (C=O) groups is 2. The normalized spacial score (nSPS) is 19.2. The first kappa shape index (κ1) is 13.4. The first-order valence-corrected chi connectivity index (χ1v) is 6.46. The molecule has 1 N–H and O–H groups in total. The molecule has 1 heterocycles. The van der Waals surface area contributed by atoms with Crippen LogP contribution in [0.2, 0.25) is 0 Å². The zero-order chi connectivity index (χ0) is 13.8. The number of urea groups is 1. The summed E-state index contributed by atoms with van der Waals surface area (Å²) in [5.41, 5.74) is 0.786. The molecule has 1 saturated heterocycles. The van der Waals surface area contributed by atoms with Gasteiger partial charge in [0.25, 0.3) is 0 Å². The smallest absolute Gasteiger partial charge is 0.322 e. The highest BCUT2D eigenvalue weighted by Crippen LogP contribution is 2.13. The Kier molecular flexibility index (Phi) is 4.04. The number of amides is 3. The van der Waals surface area contributed by atoms with Gasteiger partial charge in [0.05, 0.1) is 0 Å². The minimum absolute atomic E-state index is 0.0290. The van der Waals surface area contributed by atoms with E-state index in [0.29, 0.717) is 19.6 Å². The van der Waals surface area contributed by atoms with Gasteiger partial charge in [-0.2, -0.15) is 0 Å². The minimum Gasteiger partial charge on any atom is -0.339 e. The van der Waals surface area contributed by atoms with Gasteiger partial charge >= 0.3 is 6.03 Å². The molecule has 0 radical (unpaired) electrons. The molecule has 0 saturated carbocycles. The fourth-order valence-corrected chi connectivity index (χ4v) is 2.26. The van der Waals surface area contributed by atoms with Gasteiger partial charge in [-0.1, -0.05) is 18.2 Å². The number of piperazine rings is 1. The molecule has 1 aliphatic heterocycles. The lowest BCUT2D eigenvalue weighted by molar-refractivity contribution is -0.131. The lowest BCUT2D eigenvalue weighted by atomic mass is 10.2. The molecule has 19 heavy (non-hydrogen) atoms. The summed E-state index contributed by atoms with van der Waals surface area (Å²) in [5, 5.41) is 2.87. The quantitative estimate of drug-likeness (QED) is 0.837. The van der Waals surface area contributed by atoms with Crippen molar-refractivity contribution >= 4 is 17.6 Å². The highest BCUT2D eigenvalue weighted by molar-refractivity contribution is 5.89. The average molecular weight is 261 g/mol. The molecule has 0 aliphatic carbocycles. The van der Waals surface area contributed by atoms with E-state index >= 15 is 0 Å². The SMILES string of the molecule is CC(=O)N1CCN(C(=O)Nc2ccccc2)C(C)C1. The zero-order valence-electron chi connectivity index (χ0n) is 11.3. The molecular weight excluding hydrogens is 242 g/mol. The van der Waals surface area contributed by atoms with E-state index in [4.69, 9.17) is 0 Å². The third-order valence-corrected chi connectivity index (χ3v) is 3.36. The Balaban J connectivity index is 1.95. The van der Waals surface area contributed by atoms with Crippen molar-refractivity contribution in [3.63, 3.8) is 0 Å². The monoisotopic (exact) mass is 261 g/mol. The second kappa shape index (κ2) is 5.73. The van der Waals surface area contributed by atoms with E-state index in [1.54, 1.807) is 16.7 Å². The van der Waals surface area contributed by atoms with Crippen LogP contribution < -0.4 is 5.32 Å². The second-order valence-electron chi connectivity index (χ2n) is 4.80. The van der Waals surface area contributed by atoms with Crippen LogP contribution in [0, 0.1) is 0 Å². The Morgan fingerprint density at radius 3 is 2.47 bits per heavy atom. The third kappa shape index (κ3) is 3.24. The molecule has 0 aromatic heterocycles. The molecule has 0 spiro atoms. The van der Waals surface area contributed by atoms with Crippen molar-refractivity contribution in [1.29, 1.82) is 0 Å². The maximum atomic E-state index is 12.2. The largest absolute Gasteiger partial charge is 0.339 e. The highest BCUT2D eigenvalue weighted by Gasteiger charge is 2.28. The van der Waals surface area contributed by atoms with Crippen LogP contribution in [0.15, 0.2) is 30.3 Å². The molecule has 1 aromatic rings. The Morgan fingerprint density at radius 2 is 1.89 bits per heavy atom. The number of carbonyl (C=O) groups excluding carboxylic acids is 2. The molecule has 1 aromatic carbocycles. The van der Waals surface area contributed by atoms with Gasteiger partial charge in [-0.3, -0.25) is 4.79 Å². The van der Waals surface area contributed by atoms with E-state index in [-0.39, 0.29) is 18.0 Å². The molecule has 1 aliphatic rings. The number of rotatable bonds is 1. The Labute approximate surface area is 113 Å². The number of nitrogens with zero attached hydrogens (tertiary/aromatic N) is 2. The number of nitrogens with one attached hydrogen (secondary N) is 1. The van der Waals surface area contributed by atoms with E-state index in [9.17, 15) is 9.59 Å². The third-order valence-electron chi connectivity index (χ3n) is 3.36. The Morgan fingerprint density at radius 1 is 1.21 bits per heavy atom. The minimum atomic E-state index is -0.109. The van der Waals surface area contributed by atoms with E-state index in [2.05, 4.69) is 5.32 Å². The molecule has 1 fully saturated rings. The molecule has 5 heteroatoms. The molecule has 2 rings (SSSR count). The molecule has 3 amide bonds. The highest BCUT2D eigenvalue weighted by atomic mass is 16.2. The van der Waals surface area contributed by atoms with Crippen molar-refractivity contribution in [3.8, 4) is 0 Å². The van der Waals surface area contributed by atoms with Gasteiger partial charge < -0.3 is 15.1 Å². The molecule has 1 atom stereocenters. The summed E-state index contributed by atoms with van der Waals surface area (Å²) in [4.78, 5) is 27.0. The topological polar surface area (TPSA) is 52.7 Å². The predicted molar refractivity (Wildman–Crippen MR) is 73.9 cm³/mol. The van der Waals surface area contributed by atoms with Crippen LogP contribution in [-0.4, -0.2) is 47.4 Å². The van der Waals surface area contributed by atoms with Gasteiger partial charge in [0, 0.05) is 38.3 Å². The van der Waals surface area contributed by atoms with Crippen molar-refractivity contribution in [3.05, 3.63) is 30.3 Å². The van der Waals surface area contributed by atoms with Gasteiger partial charge in [-0.15, -0.1) is 0 Å². The second-order valence-corrected chi connectivity index (χ2v) is 4.80. The predicted octanol–water partition coefficient (Wildman–Crippen LogP) is 1.77. The summed E-state index contributed by atoms with van der Waals surface area (Å²) < 4.78 is 0. The summed E-state index contributed by atoms with van der Waals surface area (Å²) in [6, 6.07) is 9.30. The average Bonchev–Trinajstić information content (AvgIpc) is 2.39. The Hall–Kier alpha value is -2.04. The van der Waals surface area contributed by atoms with Crippen molar-refractivity contribution < 1.29 is 9.59 Å². The first-order valence-electron chi connectivity index (χ1n) is 6.46. The zero-order valence-corrected chi connectivity index (χ0v) is 11.3. The number of hydrogen-bond donors (Lipinski definition) is 1. The van der Waals surface area contributed by atoms with Crippen LogP contribution in [0.4, 0.5) is 10.5 Å². The Bertz CT molecular complexity index is 461. The first-order chi connectivity index (χ1) is 9.08. The standard InChI is InChI=1S/C14H19N3O2/c1-11-10-16(12(2)18)8-9-17(11)14(19)15-13-6-4-3-5-7-13/h3-7,11H,8-10H2,1-2H3,(H,15,19). The van der Waals surface area contributed by atoms with E-state index in [1.807, 2.05) is 37.3 Å². The van der Waals surface area contributed by atoms with Crippen LogP contribution in [0.25, 0.3) is 0 Å². The van der Waals surface area contributed by atoms with Gasteiger partial charge in [0.1, 0.15) is 0 Å². The van der Waals surface area contributed by atoms with Crippen molar-refractivity contribution in [1.82, 2.24) is 9.80 Å². The lowest BCUT2D eigenvalue weighted by Gasteiger charge is -2.39. The van der Waals surface area contributed by atoms with Gasteiger partial charge in [0.2, 0.25) is 5.91 Å². The van der Waals surface area contributed by atoms with Gasteiger partial charge in [-0.25, -0.2) is 4.79 Å². The molecule has 5 nitrogen and oxygen atoms in total. The van der Waals surface area contributed by atoms with E-state index in [0.717, 1.165) is 5.69 Å². The van der Waals surface area contributed by atoms with Crippen molar-refractivity contribution in [2.75, 3.05) is 25.0 Å². The number of hydrogen-bond acceptors (Lipinski definition) is 2. The van der Waals surface area contributed by atoms with Gasteiger partial charge in [0.15, 0.2) is 0 Å². The summed E-state index contributed by atoms with van der Waals surface area (Å²) in [6.07, 6.45) is 0. The maximum Gasteiger partial charge on any atom is 0.322 e. The number of anilines is 1. The summed E-state index contributed by atoms with van der Waals surface area (Å²) in [7, 11) is 0. The van der Waals surface area contributed by atoms with Crippen LogP contribution in [-0.2, 0) is 4.79 Å². The van der Waals surface area contributed by atoms with E-state index in [1.165, 1.54) is 0 Å². The van der Waals surface area contributed by atoms with Crippen LogP contribution in [0.3, 0.4) is 0 Å². The maximum absolute atomic E-state index is 12.2. The summed E-state index contributed by atoms with van der Waals surface area (Å²) in [6.45, 7) is 5.28. The molecule has 0 bridgehead atoms. The fraction of sp³-hybridized carbons (Fsp3) is 0.429. The van der Waals surface area contributed by atoms with Crippen molar-refractivity contribution in [2.24, 2.45) is 0 Å². The summed E-state index contributed by atoms with van der Waals surface area (Å²) >= 11 is 0. The molecular formula is C14H19N3O2. The molecule has 1 unspecified atom stereocenters. The van der Waals surface area contributed by atoms with Crippen LogP contribution >= 0.6 is 0 Å². The van der Waals surface area contributed by atoms with Gasteiger partial charge in [-0.05, 0) is 19.1 Å². The van der Waals surface area contributed by atoms with Crippen molar-refractivity contribution in [2.45, 2.75) is 19.9 Å².